The van der Waals surface area contributed by atoms with Crippen LogP contribution in [0.2, 0.25) is 0 Å². The minimum atomic E-state index is -0.245. The van der Waals surface area contributed by atoms with Gasteiger partial charge >= 0.3 is 0 Å². The topological polar surface area (TPSA) is 58.6 Å². The predicted octanol–water partition coefficient (Wildman–Crippen LogP) is 2.05. The first-order chi connectivity index (χ1) is 10.5. The largest absolute Gasteiger partial charge is 0.377 e. The number of ether oxygens (including phenoxy) is 1. The molecule has 1 unspecified atom stereocenters. The first kappa shape index (κ1) is 16.2. The Morgan fingerprint density at radius 2 is 2.23 bits per heavy atom. The number of amides is 2. The van der Waals surface area contributed by atoms with Crippen LogP contribution in [0.3, 0.4) is 0 Å². The molecule has 1 aliphatic rings. The van der Waals surface area contributed by atoms with Gasteiger partial charge in [0.1, 0.15) is 0 Å². The van der Waals surface area contributed by atoms with Gasteiger partial charge in [0.25, 0.3) is 0 Å². The maximum Gasteiger partial charge on any atom is 0.246 e. The fourth-order valence-electron chi connectivity index (χ4n) is 2.60. The number of benzene rings is 1. The third kappa shape index (κ3) is 3.95. The van der Waals surface area contributed by atoms with Gasteiger partial charge in [-0.2, -0.15) is 0 Å². The van der Waals surface area contributed by atoms with Gasteiger partial charge in [-0.1, -0.05) is 24.3 Å². The van der Waals surface area contributed by atoms with Crippen LogP contribution < -0.4 is 5.32 Å². The summed E-state index contributed by atoms with van der Waals surface area (Å²) in [5.74, 6) is -0.281. The lowest BCUT2D eigenvalue weighted by Crippen LogP contribution is -2.49. The molecule has 0 spiro atoms. The molecule has 1 aromatic rings. The molecule has 2 rings (SSSR count). The molecule has 2 amide bonds. The molecule has 0 aliphatic carbocycles. The zero-order chi connectivity index (χ0) is 16.1. The molecule has 22 heavy (non-hydrogen) atoms. The summed E-state index contributed by atoms with van der Waals surface area (Å²) in [5, 5.41) is 2.90. The molecule has 1 aliphatic heterocycles. The lowest BCUT2D eigenvalue weighted by molar-refractivity contribution is -0.136. The number of nitrogens with one attached hydrogen (secondary N) is 1. The number of aryl methyl sites for hydroxylation is 2. The van der Waals surface area contributed by atoms with Crippen molar-refractivity contribution in [3.05, 3.63) is 42.0 Å². The second-order valence-electron chi connectivity index (χ2n) is 5.54. The van der Waals surface area contributed by atoms with Crippen LogP contribution in [0.1, 0.15) is 17.5 Å². The molecule has 1 atom stereocenters. The van der Waals surface area contributed by atoms with E-state index in [1.165, 1.54) is 6.08 Å². The highest BCUT2D eigenvalue weighted by molar-refractivity contribution is 5.93. The van der Waals surface area contributed by atoms with Gasteiger partial charge in [0.15, 0.2) is 0 Å². The predicted molar refractivity (Wildman–Crippen MR) is 85.7 cm³/mol. The summed E-state index contributed by atoms with van der Waals surface area (Å²) in [5.41, 5.74) is 2.97. The number of hydrogen-bond acceptors (Lipinski definition) is 3. The molecule has 1 aromatic carbocycles. The summed E-state index contributed by atoms with van der Waals surface area (Å²) in [6.07, 6.45) is 1.49. The van der Waals surface area contributed by atoms with Crippen molar-refractivity contribution in [2.75, 3.05) is 25.1 Å². The van der Waals surface area contributed by atoms with Gasteiger partial charge in [0.05, 0.1) is 19.3 Å². The quantitative estimate of drug-likeness (QED) is 0.866. The van der Waals surface area contributed by atoms with E-state index in [2.05, 4.69) is 11.9 Å². The van der Waals surface area contributed by atoms with Crippen molar-refractivity contribution >= 4 is 17.5 Å². The van der Waals surface area contributed by atoms with Crippen LogP contribution in [0.25, 0.3) is 0 Å². The Kier molecular flexibility index (Phi) is 5.33. The van der Waals surface area contributed by atoms with E-state index in [1.54, 1.807) is 4.90 Å². The van der Waals surface area contributed by atoms with Gasteiger partial charge in [-0.15, -0.1) is 0 Å². The van der Waals surface area contributed by atoms with E-state index in [9.17, 15) is 9.59 Å². The van der Waals surface area contributed by atoms with Crippen molar-refractivity contribution in [3.63, 3.8) is 0 Å². The van der Waals surface area contributed by atoms with E-state index in [1.807, 2.05) is 32.0 Å². The number of morpholine rings is 1. The number of hydrogen-bond donors (Lipinski definition) is 1. The lowest BCUT2D eigenvalue weighted by Gasteiger charge is -2.34. The highest BCUT2D eigenvalue weighted by Crippen LogP contribution is 2.18. The average molecular weight is 302 g/mol. The molecule has 1 N–H and O–H groups in total. The van der Waals surface area contributed by atoms with E-state index in [-0.39, 0.29) is 24.3 Å². The third-order valence-corrected chi connectivity index (χ3v) is 3.76. The van der Waals surface area contributed by atoms with Crippen LogP contribution in [0, 0.1) is 13.8 Å². The second-order valence-corrected chi connectivity index (χ2v) is 5.54. The van der Waals surface area contributed by atoms with E-state index in [4.69, 9.17) is 4.74 Å². The van der Waals surface area contributed by atoms with Gasteiger partial charge in [-0.05, 0) is 31.6 Å². The third-order valence-electron chi connectivity index (χ3n) is 3.76. The SMILES string of the molecule is C=CC(=O)N1CCOCC1CC(=O)Nc1ccc(C)cc1C. The average Bonchev–Trinajstić information content (AvgIpc) is 2.50. The molecule has 118 valence electrons. The maximum atomic E-state index is 12.2. The lowest BCUT2D eigenvalue weighted by atomic mass is 10.1. The van der Waals surface area contributed by atoms with Gasteiger partial charge in [-0.3, -0.25) is 9.59 Å². The van der Waals surface area contributed by atoms with Crippen molar-refractivity contribution in [3.8, 4) is 0 Å². The van der Waals surface area contributed by atoms with Gasteiger partial charge in [-0.25, -0.2) is 0 Å². The minimum absolute atomic E-state index is 0.121. The normalized spacial score (nSPS) is 17.9. The number of nitrogens with zero attached hydrogens (tertiary/aromatic N) is 1. The van der Waals surface area contributed by atoms with Crippen LogP contribution in [0.5, 0.6) is 0 Å². The summed E-state index contributed by atoms with van der Waals surface area (Å²) >= 11 is 0. The molecule has 0 radical (unpaired) electrons. The van der Waals surface area contributed by atoms with Crippen LogP contribution in [-0.2, 0) is 14.3 Å². The summed E-state index contributed by atoms with van der Waals surface area (Å²) in [6.45, 7) is 8.84. The number of rotatable bonds is 4. The van der Waals surface area contributed by atoms with E-state index in [0.29, 0.717) is 19.8 Å². The zero-order valence-corrected chi connectivity index (χ0v) is 13.1. The Bertz CT molecular complexity index is 583. The highest BCUT2D eigenvalue weighted by atomic mass is 16.5. The van der Waals surface area contributed by atoms with Crippen LogP contribution >= 0.6 is 0 Å². The first-order valence-corrected chi connectivity index (χ1v) is 7.39. The molecule has 1 fully saturated rings. The Morgan fingerprint density at radius 1 is 1.45 bits per heavy atom. The number of carbonyl (C=O) groups is 2. The van der Waals surface area contributed by atoms with Crippen LogP contribution in [0.15, 0.2) is 30.9 Å². The highest BCUT2D eigenvalue weighted by Gasteiger charge is 2.27. The fraction of sp³-hybridized carbons (Fsp3) is 0.412. The van der Waals surface area contributed by atoms with E-state index < -0.39 is 0 Å². The smallest absolute Gasteiger partial charge is 0.246 e. The molecule has 0 aromatic heterocycles. The van der Waals surface area contributed by atoms with Crippen molar-refractivity contribution in [2.45, 2.75) is 26.3 Å². The Morgan fingerprint density at radius 3 is 2.91 bits per heavy atom. The minimum Gasteiger partial charge on any atom is -0.377 e. The molecular formula is C17H22N2O3. The summed E-state index contributed by atoms with van der Waals surface area (Å²) in [7, 11) is 0. The Labute approximate surface area is 130 Å². The second kappa shape index (κ2) is 7.22. The Hall–Kier alpha value is -2.14. The zero-order valence-electron chi connectivity index (χ0n) is 13.1. The van der Waals surface area contributed by atoms with Crippen molar-refractivity contribution in [2.24, 2.45) is 0 Å². The molecule has 5 nitrogen and oxygen atoms in total. The molecule has 0 bridgehead atoms. The molecular weight excluding hydrogens is 280 g/mol. The van der Waals surface area contributed by atoms with Gasteiger partial charge < -0.3 is 15.0 Å². The molecule has 5 heteroatoms. The van der Waals surface area contributed by atoms with Crippen LogP contribution in [-0.4, -0.2) is 42.5 Å². The fourth-order valence-corrected chi connectivity index (χ4v) is 2.60. The van der Waals surface area contributed by atoms with Gasteiger partial charge in [0, 0.05) is 18.7 Å². The van der Waals surface area contributed by atoms with Crippen LogP contribution in [0.4, 0.5) is 5.69 Å². The monoisotopic (exact) mass is 302 g/mol. The summed E-state index contributed by atoms with van der Waals surface area (Å²) in [4.78, 5) is 25.7. The van der Waals surface area contributed by atoms with Crippen molar-refractivity contribution in [1.82, 2.24) is 4.90 Å². The first-order valence-electron chi connectivity index (χ1n) is 7.39. The van der Waals surface area contributed by atoms with E-state index in [0.717, 1.165) is 16.8 Å². The molecule has 1 heterocycles. The number of carbonyl (C=O) groups excluding carboxylic acids is 2. The number of anilines is 1. The van der Waals surface area contributed by atoms with E-state index >= 15 is 0 Å². The summed E-state index contributed by atoms with van der Waals surface area (Å²) < 4.78 is 5.39. The van der Waals surface area contributed by atoms with Gasteiger partial charge in [0.2, 0.25) is 11.8 Å². The summed E-state index contributed by atoms with van der Waals surface area (Å²) in [6, 6.07) is 5.63. The Balaban J connectivity index is 2.00. The van der Waals surface area contributed by atoms with Crippen molar-refractivity contribution < 1.29 is 14.3 Å². The van der Waals surface area contributed by atoms with Crippen molar-refractivity contribution in [1.29, 1.82) is 0 Å². The molecule has 1 saturated heterocycles. The maximum absolute atomic E-state index is 12.2. The standard InChI is InChI=1S/C17H22N2O3/c1-4-17(21)19-7-8-22-11-14(19)10-16(20)18-15-6-5-12(2)9-13(15)3/h4-6,9,14H,1,7-8,10-11H2,2-3H3,(H,18,20). The molecule has 0 saturated carbocycles.